The van der Waals surface area contributed by atoms with Crippen molar-refractivity contribution in [1.82, 2.24) is 25.1 Å². The van der Waals surface area contributed by atoms with E-state index in [1.807, 2.05) is 24.1 Å². The number of hydrogen-bond donors (Lipinski definition) is 3. The molecule has 1 aromatic carbocycles. The third-order valence-corrected chi connectivity index (χ3v) is 8.89. The Morgan fingerprint density at radius 2 is 1.87 bits per heavy atom. The first-order chi connectivity index (χ1) is 19.0. The van der Waals surface area contributed by atoms with Gasteiger partial charge in [0.2, 0.25) is 0 Å². The lowest BCUT2D eigenvalue weighted by molar-refractivity contribution is 0.0996. The number of anilines is 4. The van der Waals surface area contributed by atoms with Gasteiger partial charge in [0.25, 0.3) is 5.91 Å². The molecule has 1 aromatic heterocycles. The van der Waals surface area contributed by atoms with E-state index in [0.29, 0.717) is 24.1 Å². The smallest absolute Gasteiger partial charge is 0.320 e. The zero-order chi connectivity index (χ0) is 26.9. The fourth-order valence-corrected chi connectivity index (χ4v) is 6.62. The van der Waals surface area contributed by atoms with Crippen molar-refractivity contribution in [3.63, 3.8) is 0 Å². The van der Waals surface area contributed by atoms with E-state index in [0.717, 1.165) is 70.3 Å². The molecule has 3 amide bonds. The van der Waals surface area contributed by atoms with E-state index < -0.39 is 5.91 Å². The van der Waals surface area contributed by atoms with E-state index in [1.165, 1.54) is 18.5 Å². The Balaban J connectivity index is 1.16. The molecule has 2 aromatic rings. The van der Waals surface area contributed by atoms with E-state index >= 15 is 0 Å². The Labute approximate surface area is 229 Å². The van der Waals surface area contributed by atoms with Crippen LogP contribution in [0.3, 0.4) is 0 Å². The van der Waals surface area contributed by atoms with Gasteiger partial charge in [0.1, 0.15) is 5.82 Å². The number of carbonyl (C=O) groups excluding carboxylic acids is 2. The summed E-state index contributed by atoms with van der Waals surface area (Å²) in [5.41, 5.74) is 7.79. The van der Waals surface area contributed by atoms with Gasteiger partial charge in [-0.3, -0.25) is 4.79 Å². The van der Waals surface area contributed by atoms with Crippen LogP contribution in [-0.2, 0) is 0 Å². The number of primary amides is 1. The molecule has 4 N–H and O–H groups in total. The molecule has 0 bridgehead atoms. The van der Waals surface area contributed by atoms with Crippen molar-refractivity contribution in [2.24, 2.45) is 17.6 Å². The van der Waals surface area contributed by atoms with Gasteiger partial charge in [0, 0.05) is 57.7 Å². The van der Waals surface area contributed by atoms with Crippen molar-refractivity contribution in [1.29, 1.82) is 0 Å². The number of nitrogens with two attached hydrogens (primary N) is 1. The van der Waals surface area contributed by atoms with Crippen LogP contribution in [0.4, 0.5) is 27.8 Å². The molecule has 39 heavy (non-hydrogen) atoms. The van der Waals surface area contributed by atoms with E-state index in [4.69, 9.17) is 10.7 Å². The minimum absolute atomic E-state index is 0.0857. The van der Waals surface area contributed by atoms with Crippen molar-refractivity contribution in [3.05, 3.63) is 36.2 Å². The molecule has 0 saturated carbocycles. The highest BCUT2D eigenvalue weighted by Crippen LogP contribution is 2.32. The zero-order valence-corrected chi connectivity index (χ0v) is 22.7. The predicted octanol–water partition coefficient (Wildman–Crippen LogP) is 2.09. The van der Waals surface area contributed by atoms with E-state index in [1.54, 1.807) is 11.1 Å². The number of aromatic nitrogens is 2. The summed E-state index contributed by atoms with van der Waals surface area (Å²) < 4.78 is 0. The third-order valence-electron chi connectivity index (χ3n) is 8.89. The molecule has 3 atom stereocenters. The standard InChI is InChI=1S/C28H39N9O2/c1-34-13-14-37(28(34)39)23-3-2-11-36(18-23)24-16-31-25(26(29)38)27(33-24)32-21-4-6-22(7-5-21)35-12-9-19-8-10-30-15-20(19)17-35/h4-7,16,19-20,23,30H,2-3,8-15,17-18H2,1H3,(H2,29,38)(H,32,33)/t19?,20?,23-/m1/s1. The Morgan fingerprint density at radius 1 is 1.03 bits per heavy atom. The van der Waals surface area contributed by atoms with Crippen LogP contribution in [-0.4, -0.2) is 97.2 Å². The largest absolute Gasteiger partial charge is 0.371 e. The molecule has 208 valence electrons. The summed E-state index contributed by atoms with van der Waals surface area (Å²) in [5, 5.41) is 6.83. The summed E-state index contributed by atoms with van der Waals surface area (Å²) in [6, 6.07) is 8.51. The maximum absolute atomic E-state index is 12.6. The number of benzene rings is 1. The minimum atomic E-state index is -0.626. The Morgan fingerprint density at radius 3 is 2.64 bits per heavy atom. The second kappa shape index (κ2) is 10.9. The molecule has 4 fully saturated rings. The second-order valence-corrected chi connectivity index (χ2v) is 11.3. The number of fused-ring (bicyclic) bond motifs is 1. The van der Waals surface area contributed by atoms with Crippen LogP contribution >= 0.6 is 0 Å². The summed E-state index contributed by atoms with van der Waals surface area (Å²) in [4.78, 5) is 42.2. The summed E-state index contributed by atoms with van der Waals surface area (Å²) >= 11 is 0. The summed E-state index contributed by atoms with van der Waals surface area (Å²) in [6.07, 6.45) is 6.07. The number of amides is 3. The normalized spacial score (nSPS) is 25.6. The van der Waals surface area contributed by atoms with Gasteiger partial charge in [0.15, 0.2) is 11.5 Å². The molecule has 11 nitrogen and oxygen atoms in total. The van der Waals surface area contributed by atoms with E-state index in [9.17, 15) is 9.59 Å². The van der Waals surface area contributed by atoms with Crippen LogP contribution in [0.5, 0.6) is 0 Å². The lowest BCUT2D eigenvalue weighted by atomic mass is 9.81. The van der Waals surface area contributed by atoms with E-state index in [2.05, 4.69) is 37.6 Å². The number of urea groups is 1. The average molecular weight is 534 g/mol. The number of nitrogens with one attached hydrogen (secondary N) is 2. The summed E-state index contributed by atoms with van der Waals surface area (Å²) in [5.74, 6) is 1.95. The molecule has 0 aliphatic carbocycles. The van der Waals surface area contributed by atoms with Crippen LogP contribution in [0.25, 0.3) is 0 Å². The predicted molar refractivity (Wildman–Crippen MR) is 152 cm³/mol. The molecular formula is C28H39N9O2. The fraction of sp³-hybridized carbons (Fsp3) is 0.571. The molecule has 11 heteroatoms. The zero-order valence-electron chi connectivity index (χ0n) is 22.7. The number of likely N-dealkylation sites (N-methyl/N-ethyl adjacent to an activating group) is 1. The maximum Gasteiger partial charge on any atom is 0.320 e. The highest BCUT2D eigenvalue weighted by molar-refractivity contribution is 5.96. The van der Waals surface area contributed by atoms with Crippen LogP contribution < -0.4 is 26.2 Å². The minimum Gasteiger partial charge on any atom is -0.371 e. The lowest BCUT2D eigenvalue weighted by Crippen LogP contribution is -2.49. The number of rotatable bonds is 6. The first kappa shape index (κ1) is 25.7. The van der Waals surface area contributed by atoms with Crippen molar-refractivity contribution >= 4 is 34.9 Å². The van der Waals surface area contributed by atoms with E-state index in [-0.39, 0.29) is 17.8 Å². The van der Waals surface area contributed by atoms with Gasteiger partial charge in [-0.25, -0.2) is 14.8 Å². The Bertz CT molecular complexity index is 1210. The molecule has 0 spiro atoms. The summed E-state index contributed by atoms with van der Waals surface area (Å²) in [7, 11) is 1.84. The van der Waals surface area contributed by atoms with Crippen molar-refractivity contribution < 1.29 is 9.59 Å². The molecule has 4 aliphatic rings. The van der Waals surface area contributed by atoms with Crippen molar-refractivity contribution in [2.75, 3.05) is 74.5 Å². The van der Waals surface area contributed by atoms with Crippen LogP contribution in [0.15, 0.2) is 30.5 Å². The number of piperidine rings is 3. The molecule has 4 saturated heterocycles. The molecule has 2 unspecified atom stereocenters. The first-order valence-corrected chi connectivity index (χ1v) is 14.2. The van der Waals surface area contributed by atoms with Crippen LogP contribution in [0.1, 0.15) is 36.2 Å². The highest BCUT2D eigenvalue weighted by Gasteiger charge is 2.35. The highest BCUT2D eigenvalue weighted by atomic mass is 16.2. The number of carbonyl (C=O) groups is 2. The quantitative estimate of drug-likeness (QED) is 0.516. The van der Waals surface area contributed by atoms with Gasteiger partial charge in [-0.1, -0.05) is 0 Å². The fourth-order valence-electron chi connectivity index (χ4n) is 6.62. The average Bonchev–Trinajstić information content (AvgIpc) is 3.30. The van der Waals surface area contributed by atoms with Gasteiger partial charge < -0.3 is 36.0 Å². The second-order valence-electron chi connectivity index (χ2n) is 11.3. The van der Waals surface area contributed by atoms with Crippen molar-refractivity contribution in [2.45, 2.75) is 31.7 Å². The monoisotopic (exact) mass is 533 g/mol. The Hall–Kier alpha value is -3.60. The topological polar surface area (TPSA) is 123 Å². The van der Waals surface area contributed by atoms with Gasteiger partial charge in [-0.2, -0.15) is 0 Å². The first-order valence-electron chi connectivity index (χ1n) is 14.2. The Kier molecular flexibility index (Phi) is 7.16. The molecular weight excluding hydrogens is 494 g/mol. The SMILES string of the molecule is CN1CCN([C@@H]2CCCN(c3cnc(C(N)=O)c(Nc4ccc(N5CCC6CCNCC6C5)cc4)n3)C2)C1=O. The molecule has 4 aliphatic heterocycles. The van der Waals surface area contributed by atoms with Crippen LogP contribution in [0, 0.1) is 11.8 Å². The van der Waals surface area contributed by atoms with Gasteiger partial charge in [-0.05, 0) is 74.9 Å². The van der Waals surface area contributed by atoms with Gasteiger partial charge in [0.05, 0.1) is 12.2 Å². The van der Waals surface area contributed by atoms with Gasteiger partial charge in [-0.15, -0.1) is 0 Å². The molecule has 5 heterocycles. The molecule has 6 rings (SSSR count). The maximum atomic E-state index is 12.6. The molecule has 0 radical (unpaired) electrons. The third kappa shape index (κ3) is 5.32. The summed E-state index contributed by atoms with van der Waals surface area (Å²) in [6.45, 7) is 7.43. The number of nitrogens with zero attached hydrogens (tertiary/aromatic N) is 6. The lowest BCUT2D eigenvalue weighted by Gasteiger charge is -2.42. The van der Waals surface area contributed by atoms with Crippen LogP contribution in [0.2, 0.25) is 0 Å². The number of hydrogen-bond acceptors (Lipinski definition) is 8. The van der Waals surface area contributed by atoms with Gasteiger partial charge >= 0.3 is 6.03 Å². The van der Waals surface area contributed by atoms with Crippen molar-refractivity contribution in [3.8, 4) is 0 Å².